The number of carboxylic acids is 1. The number of carbonyl (C=O) groups excluding carboxylic acids is 1. The predicted octanol–water partition coefficient (Wildman–Crippen LogP) is 2.90. The first-order chi connectivity index (χ1) is 9.51. The fourth-order valence-corrected chi connectivity index (χ4v) is 3.23. The summed E-state index contributed by atoms with van der Waals surface area (Å²) in [6.07, 6.45) is 6.07. The lowest BCUT2D eigenvalue weighted by molar-refractivity contribution is 0.00653. The summed E-state index contributed by atoms with van der Waals surface area (Å²) >= 11 is 0. The van der Waals surface area contributed by atoms with Crippen molar-refractivity contribution in [2.75, 3.05) is 0 Å². The van der Waals surface area contributed by atoms with Crippen LogP contribution in [0.4, 0.5) is 0 Å². The van der Waals surface area contributed by atoms with E-state index in [2.05, 4.69) is 19.1 Å². The van der Waals surface area contributed by atoms with Crippen LogP contribution in [0.25, 0.3) is 0 Å². The number of hydrogen-bond acceptors (Lipinski definition) is 3. The van der Waals surface area contributed by atoms with Crippen molar-refractivity contribution in [2.24, 2.45) is 11.3 Å². The van der Waals surface area contributed by atoms with Gasteiger partial charge in [0, 0.05) is 11.3 Å². The van der Waals surface area contributed by atoms with Crippen molar-refractivity contribution in [3.63, 3.8) is 0 Å². The minimum atomic E-state index is -1.11. The summed E-state index contributed by atoms with van der Waals surface area (Å²) < 4.78 is 5.61. The van der Waals surface area contributed by atoms with Crippen LogP contribution >= 0.6 is 0 Å². The standard InChI is InChI=1S/C16H16O4/c1-16-8-6-10(7-9-16)13(16)20-15(19)12-5-3-2-4-11(12)14(17)18/h2-6,8,10,13H,7,9H2,1H3,(H,17,18)/t10-,13+,16-/m1/s1. The van der Waals surface area contributed by atoms with Gasteiger partial charge in [-0.2, -0.15) is 0 Å². The summed E-state index contributed by atoms with van der Waals surface area (Å²) in [6, 6.07) is 6.16. The van der Waals surface area contributed by atoms with Gasteiger partial charge in [0.15, 0.2) is 0 Å². The zero-order valence-corrected chi connectivity index (χ0v) is 11.2. The topological polar surface area (TPSA) is 63.6 Å². The molecule has 2 aliphatic rings. The second-order valence-corrected chi connectivity index (χ2v) is 5.74. The Kier molecular flexibility index (Phi) is 2.89. The zero-order valence-electron chi connectivity index (χ0n) is 11.2. The van der Waals surface area contributed by atoms with Gasteiger partial charge in [-0.05, 0) is 25.0 Å². The number of carbonyl (C=O) groups is 2. The van der Waals surface area contributed by atoms with E-state index in [4.69, 9.17) is 9.84 Å². The normalized spacial score (nSPS) is 30.4. The summed E-state index contributed by atoms with van der Waals surface area (Å²) in [5.74, 6) is -1.40. The molecule has 0 aromatic heterocycles. The molecule has 2 aliphatic carbocycles. The second kappa shape index (κ2) is 4.47. The van der Waals surface area contributed by atoms with Crippen molar-refractivity contribution < 1.29 is 19.4 Å². The number of rotatable bonds is 3. The molecule has 0 spiro atoms. The molecule has 0 unspecified atom stereocenters. The quantitative estimate of drug-likeness (QED) is 0.678. The van der Waals surface area contributed by atoms with Crippen LogP contribution in [0, 0.1) is 11.3 Å². The Bertz CT molecular complexity index is 604. The molecule has 20 heavy (non-hydrogen) atoms. The van der Waals surface area contributed by atoms with Crippen LogP contribution in [0.15, 0.2) is 36.4 Å². The van der Waals surface area contributed by atoms with Crippen LogP contribution in [0.1, 0.15) is 40.5 Å². The number of benzene rings is 1. The lowest BCUT2D eigenvalue weighted by Crippen LogP contribution is -2.30. The molecule has 0 radical (unpaired) electrons. The first-order valence-electron chi connectivity index (χ1n) is 6.74. The fraction of sp³-hybridized carbons (Fsp3) is 0.375. The summed E-state index contributed by atoms with van der Waals surface area (Å²) in [7, 11) is 0. The lowest BCUT2D eigenvalue weighted by atomic mass is 9.89. The Morgan fingerprint density at radius 2 is 2.00 bits per heavy atom. The van der Waals surface area contributed by atoms with E-state index in [9.17, 15) is 9.59 Å². The highest BCUT2D eigenvalue weighted by molar-refractivity contribution is 6.02. The van der Waals surface area contributed by atoms with Gasteiger partial charge in [0.05, 0.1) is 11.1 Å². The average Bonchev–Trinajstić information content (AvgIpc) is 2.91. The Morgan fingerprint density at radius 1 is 1.30 bits per heavy atom. The van der Waals surface area contributed by atoms with Crippen molar-refractivity contribution in [3.05, 3.63) is 47.5 Å². The van der Waals surface area contributed by atoms with Gasteiger partial charge in [0.1, 0.15) is 6.10 Å². The van der Waals surface area contributed by atoms with E-state index >= 15 is 0 Å². The van der Waals surface area contributed by atoms with Gasteiger partial charge in [-0.15, -0.1) is 0 Å². The fourth-order valence-electron chi connectivity index (χ4n) is 3.23. The van der Waals surface area contributed by atoms with Crippen molar-refractivity contribution in [1.82, 2.24) is 0 Å². The van der Waals surface area contributed by atoms with E-state index in [1.807, 2.05) is 0 Å². The van der Waals surface area contributed by atoms with E-state index < -0.39 is 11.9 Å². The summed E-state index contributed by atoms with van der Waals surface area (Å²) in [6.45, 7) is 2.08. The maximum Gasteiger partial charge on any atom is 0.339 e. The smallest absolute Gasteiger partial charge is 0.339 e. The minimum absolute atomic E-state index is 0.0130. The molecule has 1 saturated carbocycles. The third-order valence-corrected chi connectivity index (χ3v) is 4.39. The molecule has 1 fully saturated rings. The molecule has 4 heteroatoms. The van der Waals surface area contributed by atoms with Gasteiger partial charge in [-0.1, -0.05) is 31.2 Å². The first-order valence-corrected chi connectivity index (χ1v) is 6.74. The van der Waals surface area contributed by atoms with Crippen LogP contribution in [-0.4, -0.2) is 23.1 Å². The highest BCUT2D eigenvalue weighted by Crippen LogP contribution is 2.50. The Labute approximate surface area is 117 Å². The summed E-state index contributed by atoms with van der Waals surface area (Å²) in [5.41, 5.74) is 0.00856. The molecule has 1 aromatic rings. The predicted molar refractivity (Wildman–Crippen MR) is 72.6 cm³/mol. The van der Waals surface area contributed by atoms with Crippen LogP contribution in [0.5, 0.6) is 0 Å². The molecule has 2 bridgehead atoms. The van der Waals surface area contributed by atoms with E-state index in [0.29, 0.717) is 0 Å². The third kappa shape index (κ3) is 1.92. The monoisotopic (exact) mass is 272 g/mol. The highest BCUT2D eigenvalue weighted by Gasteiger charge is 2.49. The van der Waals surface area contributed by atoms with Crippen LogP contribution in [0.3, 0.4) is 0 Å². The Morgan fingerprint density at radius 3 is 2.50 bits per heavy atom. The second-order valence-electron chi connectivity index (χ2n) is 5.74. The number of hydrogen-bond donors (Lipinski definition) is 1. The van der Waals surface area contributed by atoms with E-state index in [1.165, 1.54) is 12.1 Å². The molecule has 0 saturated heterocycles. The van der Waals surface area contributed by atoms with Crippen LogP contribution in [0.2, 0.25) is 0 Å². The molecule has 3 rings (SSSR count). The zero-order chi connectivity index (χ0) is 14.3. The number of ether oxygens (including phenoxy) is 1. The largest absolute Gasteiger partial charge is 0.478 e. The molecule has 0 amide bonds. The first kappa shape index (κ1) is 12.9. The average molecular weight is 272 g/mol. The molecule has 0 aliphatic heterocycles. The van der Waals surface area contributed by atoms with Crippen molar-refractivity contribution in [3.8, 4) is 0 Å². The van der Waals surface area contributed by atoms with Crippen LogP contribution < -0.4 is 0 Å². The summed E-state index contributed by atoms with van der Waals surface area (Å²) in [4.78, 5) is 23.4. The van der Waals surface area contributed by atoms with E-state index in [0.717, 1.165) is 12.8 Å². The van der Waals surface area contributed by atoms with Crippen LogP contribution in [-0.2, 0) is 4.74 Å². The molecular weight excluding hydrogens is 256 g/mol. The molecule has 1 aromatic carbocycles. The number of fused-ring (bicyclic) bond motifs is 2. The maximum atomic E-state index is 12.3. The molecule has 1 N–H and O–H groups in total. The molecular formula is C16H16O4. The van der Waals surface area contributed by atoms with Gasteiger partial charge >= 0.3 is 11.9 Å². The highest BCUT2D eigenvalue weighted by atomic mass is 16.5. The Balaban J connectivity index is 1.83. The molecule has 4 nitrogen and oxygen atoms in total. The van der Waals surface area contributed by atoms with Gasteiger partial charge in [-0.25, -0.2) is 9.59 Å². The third-order valence-electron chi connectivity index (χ3n) is 4.39. The van der Waals surface area contributed by atoms with E-state index in [1.54, 1.807) is 12.1 Å². The maximum absolute atomic E-state index is 12.3. The van der Waals surface area contributed by atoms with Crippen molar-refractivity contribution >= 4 is 11.9 Å². The number of aromatic carboxylic acids is 1. The van der Waals surface area contributed by atoms with Gasteiger partial charge < -0.3 is 9.84 Å². The van der Waals surface area contributed by atoms with Gasteiger partial charge in [0.25, 0.3) is 0 Å². The number of carboxylic acid groups (broad SMARTS) is 1. The molecule has 104 valence electrons. The van der Waals surface area contributed by atoms with Gasteiger partial charge in [0.2, 0.25) is 0 Å². The number of esters is 1. The molecule has 3 atom stereocenters. The molecule has 0 heterocycles. The Hall–Kier alpha value is -2.10. The summed E-state index contributed by atoms with van der Waals surface area (Å²) in [5, 5.41) is 9.12. The minimum Gasteiger partial charge on any atom is -0.478 e. The van der Waals surface area contributed by atoms with Crippen molar-refractivity contribution in [2.45, 2.75) is 25.9 Å². The van der Waals surface area contributed by atoms with Crippen molar-refractivity contribution in [1.29, 1.82) is 0 Å². The lowest BCUT2D eigenvalue weighted by Gasteiger charge is -2.25. The SMILES string of the molecule is C[C@@]12C=C[C@H](CC1)[C@@H]2OC(=O)c1ccccc1C(=O)O. The van der Waals surface area contributed by atoms with Gasteiger partial charge in [-0.3, -0.25) is 0 Å². The van der Waals surface area contributed by atoms with E-state index in [-0.39, 0.29) is 28.6 Å².